The molecule has 0 radical (unpaired) electrons. The molecular formula is C12H10BrFN2OS. The van der Waals surface area contributed by atoms with Crippen LogP contribution in [0.15, 0.2) is 40.2 Å². The van der Waals surface area contributed by atoms with Crippen molar-refractivity contribution in [3.8, 4) is 0 Å². The average molecular weight is 329 g/mol. The third kappa shape index (κ3) is 3.54. The SMILES string of the molecule is O=C(NCc1cc(Br)cs1)Nc1ccccc1F. The molecule has 0 aliphatic heterocycles. The molecule has 18 heavy (non-hydrogen) atoms. The van der Waals surface area contributed by atoms with E-state index in [1.807, 2.05) is 11.4 Å². The highest BCUT2D eigenvalue weighted by molar-refractivity contribution is 9.10. The molecule has 0 aliphatic carbocycles. The van der Waals surface area contributed by atoms with Crippen LogP contribution in [0.3, 0.4) is 0 Å². The summed E-state index contributed by atoms with van der Waals surface area (Å²) in [5.41, 5.74) is 0.169. The summed E-state index contributed by atoms with van der Waals surface area (Å²) in [6.45, 7) is 0.413. The molecule has 0 saturated carbocycles. The summed E-state index contributed by atoms with van der Waals surface area (Å²) in [7, 11) is 0. The monoisotopic (exact) mass is 328 g/mol. The maximum absolute atomic E-state index is 13.3. The molecule has 1 heterocycles. The number of thiophene rings is 1. The fraction of sp³-hybridized carbons (Fsp3) is 0.0833. The van der Waals surface area contributed by atoms with Crippen LogP contribution in [0.2, 0.25) is 0 Å². The van der Waals surface area contributed by atoms with Crippen molar-refractivity contribution in [2.75, 3.05) is 5.32 Å². The van der Waals surface area contributed by atoms with E-state index in [1.165, 1.54) is 23.5 Å². The van der Waals surface area contributed by atoms with E-state index < -0.39 is 11.8 Å². The number of carbonyl (C=O) groups is 1. The third-order valence-corrected chi connectivity index (χ3v) is 3.86. The third-order valence-electron chi connectivity index (χ3n) is 2.17. The maximum Gasteiger partial charge on any atom is 0.319 e. The molecule has 3 nitrogen and oxygen atoms in total. The van der Waals surface area contributed by atoms with E-state index in [0.29, 0.717) is 6.54 Å². The summed E-state index contributed by atoms with van der Waals surface area (Å²) >= 11 is 4.87. The first-order valence-corrected chi connectivity index (χ1v) is 6.85. The van der Waals surface area contributed by atoms with E-state index >= 15 is 0 Å². The number of amides is 2. The molecule has 0 atom stereocenters. The van der Waals surface area contributed by atoms with Crippen molar-refractivity contribution in [3.05, 3.63) is 50.9 Å². The van der Waals surface area contributed by atoms with Crippen molar-refractivity contribution < 1.29 is 9.18 Å². The summed E-state index contributed by atoms with van der Waals surface area (Å²) in [4.78, 5) is 12.6. The molecule has 2 N–H and O–H groups in total. The number of urea groups is 1. The van der Waals surface area contributed by atoms with E-state index in [0.717, 1.165) is 9.35 Å². The van der Waals surface area contributed by atoms with Crippen LogP contribution in [-0.4, -0.2) is 6.03 Å². The molecule has 0 spiro atoms. The highest BCUT2D eigenvalue weighted by atomic mass is 79.9. The number of halogens is 2. The number of carbonyl (C=O) groups excluding carboxylic acids is 1. The molecule has 1 aromatic heterocycles. The van der Waals surface area contributed by atoms with E-state index in [1.54, 1.807) is 12.1 Å². The highest BCUT2D eigenvalue weighted by Gasteiger charge is 2.06. The van der Waals surface area contributed by atoms with E-state index in [4.69, 9.17) is 0 Å². The lowest BCUT2D eigenvalue weighted by atomic mass is 10.3. The van der Waals surface area contributed by atoms with Crippen LogP contribution >= 0.6 is 27.3 Å². The molecule has 0 aliphatic rings. The van der Waals surface area contributed by atoms with Gasteiger partial charge in [-0.2, -0.15) is 0 Å². The topological polar surface area (TPSA) is 41.1 Å². The van der Waals surface area contributed by atoms with Crippen LogP contribution in [0, 0.1) is 5.82 Å². The van der Waals surface area contributed by atoms with Gasteiger partial charge in [-0.1, -0.05) is 12.1 Å². The van der Waals surface area contributed by atoms with Crippen molar-refractivity contribution in [2.45, 2.75) is 6.54 Å². The van der Waals surface area contributed by atoms with Crippen molar-refractivity contribution in [3.63, 3.8) is 0 Å². The molecule has 2 aromatic rings. The van der Waals surface area contributed by atoms with Gasteiger partial charge in [0.25, 0.3) is 0 Å². The van der Waals surface area contributed by atoms with Gasteiger partial charge in [-0.3, -0.25) is 0 Å². The second-order valence-corrected chi connectivity index (χ2v) is 5.43. The number of para-hydroxylation sites is 1. The normalized spacial score (nSPS) is 10.1. The lowest BCUT2D eigenvalue weighted by Crippen LogP contribution is -2.28. The molecule has 0 unspecified atom stereocenters. The van der Waals surface area contributed by atoms with Gasteiger partial charge in [-0.05, 0) is 34.1 Å². The Morgan fingerprint density at radius 1 is 1.39 bits per heavy atom. The minimum Gasteiger partial charge on any atom is -0.333 e. The molecule has 2 rings (SSSR count). The van der Waals surface area contributed by atoms with Crippen molar-refractivity contribution in [1.29, 1.82) is 0 Å². The Morgan fingerprint density at radius 2 is 2.17 bits per heavy atom. The molecule has 0 fully saturated rings. The predicted octanol–water partition coefficient (Wildman–Crippen LogP) is 3.97. The smallest absolute Gasteiger partial charge is 0.319 e. The van der Waals surface area contributed by atoms with Gasteiger partial charge in [0.05, 0.1) is 12.2 Å². The minimum absolute atomic E-state index is 0.169. The van der Waals surface area contributed by atoms with Crippen LogP contribution in [0.1, 0.15) is 4.88 Å². The summed E-state index contributed by atoms with van der Waals surface area (Å²) in [6.07, 6.45) is 0. The van der Waals surface area contributed by atoms with Crippen LogP contribution in [-0.2, 0) is 6.54 Å². The summed E-state index contributed by atoms with van der Waals surface area (Å²) < 4.78 is 14.3. The first-order chi connectivity index (χ1) is 8.65. The van der Waals surface area contributed by atoms with Crippen molar-refractivity contribution >= 4 is 39.0 Å². The van der Waals surface area contributed by atoms with Gasteiger partial charge in [-0.25, -0.2) is 9.18 Å². The van der Waals surface area contributed by atoms with Crippen LogP contribution in [0.5, 0.6) is 0 Å². The van der Waals surface area contributed by atoms with Gasteiger partial charge in [-0.15, -0.1) is 11.3 Å². The second kappa shape index (κ2) is 5.97. The number of hydrogen-bond donors (Lipinski definition) is 2. The molecule has 2 amide bonds. The second-order valence-electron chi connectivity index (χ2n) is 3.52. The number of hydrogen-bond acceptors (Lipinski definition) is 2. The molecule has 0 bridgehead atoms. The predicted molar refractivity (Wildman–Crippen MR) is 74.3 cm³/mol. The quantitative estimate of drug-likeness (QED) is 0.879. The van der Waals surface area contributed by atoms with Crippen LogP contribution < -0.4 is 10.6 Å². The largest absolute Gasteiger partial charge is 0.333 e. The first kappa shape index (κ1) is 13.0. The first-order valence-electron chi connectivity index (χ1n) is 5.17. The average Bonchev–Trinajstić information content (AvgIpc) is 2.76. The Bertz CT molecular complexity index is 559. The fourth-order valence-electron chi connectivity index (χ4n) is 1.34. The zero-order chi connectivity index (χ0) is 13.0. The lowest BCUT2D eigenvalue weighted by molar-refractivity contribution is 0.251. The molecule has 6 heteroatoms. The van der Waals surface area contributed by atoms with Gasteiger partial charge < -0.3 is 10.6 Å². The van der Waals surface area contributed by atoms with E-state index in [-0.39, 0.29) is 5.69 Å². The van der Waals surface area contributed by atoms with E-state index in [2.05, 4.69) is 26.6 Å². The zero-order valence-electron chi connectivity index (χ0n) is 9.24. The Hall–Kier alpha value is -1.40. The zero-order valence-corrected chi connectivity index (χ0v) is 11.6. The van der Waals surface area contributed by atoms with Gasteiger partial charge >= 0.3 is 6.03 Å². The van der Waals surface area contributed by atoms with Gasteiger partial charge in [0.2, 0.25) is 0 Å². The summed E-state index contributed by atoms with van der Waals surface area (Å²) in [6, 6.07) is 7.54. The fourth-order valence-corrected chi connectivity index (χ4v) is 2.73. The number of benzene rings is 1. The number of anilines is 1. The number of nitrogens with one attached hydrogen (secondary N) is 2. The van der Waals surface area contributed by atoms with Crippen LogP contribution in [0.4, 0.5) is 14.9 Å². The van der Waals surface area contributed by atoms with Crippen molar-refractivity contribution in [2.24, 2.45) is 0 Å². The van der Waals surface area contributed by atoms with Gasteiger partial charge in [0.1, 0.15) is 5.82 Å². The molecule has 0 saturated heterocycles. The minimum atomic E-state index is -0.452. The van der Waals surface area contributed by atoms with Crippen molar-refractivity contribution in [1.82, 2.24) is 5.32 Å². The Balaban J connectivity index is 1.88. The van der Waals surface area contributed by atoms with E-state index in [9.17, 15) is 9.18 Å². The molecule has 1 aromatic carbocycles. The maximum atomic E-state index is 13.3. The molecular weight excluding hydrogens is 319 g/mol. The Morgan fingerprint density at radius 3 is 2.83 bits per heavy atom. The standard InChI is InChI=1S/C12H10BrFN2OS/c13-8-5-9(18-7-8)6-15-12(17)16-11-4-2-1-3-10(11)14/h1-5,7H,6H2,(H2,15,16,17). The van der Waals surface area contributed by atoms with Crippen LogP contribution in [0.25, 0.3) is 0 Å². The van der Waals surface area contributed by atoms with Gasteiger partial charge in [0, 0.05) is 14.7 Å². The highest BCUT2D eigenvalue weighted by Crippen LogP contribution is 2.19. The summed E-state index contributed by atoms with van der Waals surface area (Å²) in [5, 5.41) is 7.05. The Kier molecular flexibility index (Phi) is 4.33. The summed E-state index contributed by atoms with van der Waals surface area (Å²) in [5.74, 6) is -0.452. The molecule has 94 valence electrons. The number of rotatable bonds is 3. The lowest BCUT2D eigenvalue weighted by Gasteiger charge is -2.07. The van der Waals surface area contributed by atoms with Gasteiger partial charge in [0.15, 0.2) is 0 Å². The Labute approximate surface area is 116 Å².